The van der Waals surface area contributed by atoms with Crippen molar-refractivity contribution in [2.24, 2.45) is 5.92 Å². The Morgan fingerprint density at radius 1 is 0.975 bits per heavy atom. The third-order valence-corrected chi connectivity index (χ3v) is 8.15. The minimum absolute atomic E-state index is 0.170. The van der Waals surface area contributed by atoms with Gasteiger partial charge in [-0.25, -0.2) is 8.78 Å². The summed E-state index contributed by atoms with van der Waals surface area (Å²) >= 11 is 0. The fourth-order valence-corrected chi connectivity index (χ4v) is 6.14. The number of ether oxygens (including phenoxy) is 3. The molecule has 1 saturated carbocycles. The molecule has 2 aliphatic rings. The van der Waals surface area contributed by atoms with Crippen molar-refractivity contribution in [1.82, 2.24) is 9.80 Å². The lowest BCUT2D eigenvalue weighted by atomic mass is 9.89. The van der Waals surface area contributed by atoms with Gasteiger partial charge in [-0.05, 0) is 69.3 Å². The van der Waals surface area contributed by atoms with Crippen LogP contribution in [0.3, 0.4) is 0 Å². The van der Waals surface area contributed by atoms with Crippen LogP contribution in [-0.4, -0.2) is 69.3 Å². The van der Waals surface area contributed by atoms with Gasteiger partial charge in [0.2, 0.25) is 5.75 Å². The molecule has 2 fully saturated rings. The molecule has 4 rings (SSSR count). The smallest absolute Gasteiger partial charge is 0.254 e. The third kappa shape index (κ3) is 7.33. The van der Waals surface area contributed by atoms with Crippen LogP contribution in [0.2, 0.25) is 0 Å². The molecule has 0 spiro atoms. The second kappa shape index (κ2) is 14.0. The average Bonchev–Trinajstić information content (AvgIpc) is 3.39. The molecule has 1 atom stereocenters. The Labute approximate surface area is 236 Å². The van der Waals surface area contributed by atoms with Crippen LogP contribution in [0.15, 0.2) is 35.9 Å². The molecule has 1 aliphatic carbocycles. The molecule has 1 saturated heterocycles. The average molecular weight is 557 g/mol. The van der Waals surface area contributed by atoms with Crippen LogP contribution < -0.4 is 14.2 Å². The largest absolute Gasteiger partial charge is 0.493 e. The van der Waals surface area contributed by atoms with Crippen LogP contribution in [0, 0.1) is 17.6 Å². The van der Waals surface area contributed by atoms with Gasteiger partial charge < -0.3 is 19.1 Å². The summed E-state index contributed by atoms with van der Waals surface area (Å²) in [6, 6.07) is 7.13. The second-order valence-corrected chi connectivity index (χ2v) is 11.1. The van der Waals surface area contributed by atoms with Crippen LogP contribution in [0.5, 0.6) is 17.2 Å². The van der Waals surface area contributed by atoms with Gasteiger partial charge in [0.15, 0.2) is 11.5 Å². The molecule has 40 heavy (non-hydrogen) atoms. The molecule has 0 radical (unpaired) electrons. The number of benzene rings is 2. The maximum Gasteiger partial charge on any atom is 0.254 e. The first kappa shape index (κ1) is 29.8. The molecule has 1 amide bonds. The number of methoxy groups -OCH3 is 3. The zero-order valence-electron chi connectivity index (χ0n) is 24.2. The summed E-state index contributed by atoms with van der Waals surface area (Å²) in [4.78, 5) is 18.5. The van der Waals surface area contributed by atoms with E-state index in [1.807, 2.05) is 11.8 Å². The molecule has 2 aromatic rings. The molecule has 0 N–H and O–H groups in total. The number of carbonyl (C=O) groups excluding carboxylic acids is 1. The summed E-state index contributed by atoms with van der Waals surface area (Å²) in [6.07, 6.45) is 10.3. The quantitative estimate of drug-likeness (QED) is 0.313. The summed E-state index contributed by atoms with van der Waals surface area (Å²) in [7, 11) is 4.57. The van der Waals surface area contributed by atoms with E-state index in [1.54, 1.807) is 18.2 Å². The van der Waals surface area contributed by atoms with Crippen molar-refractivity contribution in [3.05, 3.63) is 58.7 Å². The number of hydrogen-bond donors (Lipinski definition) is 0. The maximum atomic E-state index is 14.4. The van der Waals surface area contributed by atoms with Crippen LogP contribution in [0.1, 0.15) is 67.8 Å². The fourth-order valence-electron chi connectivity index (χ4n) is 6.14. The number of hydrogen-bond acceptors (Lipinski definition) is 5. The Bertz CT molecular complexity index is 1170. The van der Waals surface area contributed by atoms with Gasteiger partial charge in [-0.1, -0.05) is 30.9 Å². The van der Waals surface area contributed by atoms with Gasteiger partial charge in [0, 0.05) is 42.9 Å². The number of nitrogens with zero attached hydrogens (tertiary/aromatic N) is 2. The van der Waals surface area contributed by atoms with Crippen molar-refractivity contribution in [2.75, 3.05) is 47.5 Å². The van der Waals surface area contributed by atoms with E-state index in [0.29, 0.717) is 41.5 Å². The van der Waals surface area contributed by atoms with Gasteiger partial charge in [0.25, 0.3) is 5.91 Å². The first-order valence-corrected chi connectivity index (χ1v) is 14.3. The van der Waals surface area contributed by atoms with Gasteiger partial charge in [-0.3, -0.25) is 9.69 Å². The number of likely N-dealkylation sites (tertiary alicyclic amines) is 1. The minimum Gasteiger partial charge on any atom is -0.493 e. The molecular weight excluding hydrogens is 514 g/mol. The van der Waals surface area contributed by atoms with Crippen molar-refractivity contribution < 1.29 is 27.8 Å². The van der Waals surface area contributed by atoms with Crippen molar-refractivity contribution in [2.45, 2.75) is 57.9 Å². The molecule has 1 heterocycles. The van der Waals surface area contributed by atoms with E-state index >= 15 is 0 Å². The van der Waals surface area contributed by atoms with Crippen molar-refractivity contribution in [3.8, 4) is 17.2 Å². The molecule has 8 heteroatoms. The third-order valence-electron chi connectivity index (χ3n) is 8.15. The molecule has 0 bridgehead atoms. The second-order valence-electron chi connectivity index (χ2n) is 11.1. The number of carbonyl (C=O) groups is 1. The summed E-state index contributed by atoms with van der Waals surface area (Å²) < 4.78 is 44.3. The monoisotopic (exact) mass is 556 g/mol. The van der Waals surface area contributed by atoms with Crippen LogP contribution in [-0.2, 0) is 0 Å². The van der Waals surface area contributed by atoms with E-state index in [-0.39, 0.29) is 11.9 Å². The fraction of sp³-hybridized carbons (Fsp3) is 0.531. The molecule has 2 aromatic carbocycles. The zero-order chi connectivity index (χ0) is 28.6. The highest BCUT2D eigenvalue weighted by molar-refractivity contribution is 5.96. The van der Waals surface area contributed by atoms with Gasteiger partial charge in [0.1, 0.15) is 11.6 Å². The Hall–Kier alpha value is -3.13. The Balaban J connectivity index is 1.61. The SMILES string of the molecule is COc1cc(C(=O)N(C/C(C)=C/c2ccc(F)cc2F)C[C@@H]2CCCN2CC2CCCCC2)cc(OC)c1OC. The summed E-state index contributed by atoms with van der Waals surface area (Å²) in [5.41, 5.74) is 1.51. The summed E-state index contributed by atoms with van der Waals surface area (Å²) in [6.45, 7) is 4.85. The Kier molecular flexibility index (Phi) is 10.4. The maximum absolute atomic E-state index is 14.4. The van der Waals surface area contributed by atoms with Gasteiger partial charge >= 0.3 is 0 Å². The topological polar surface area (TPSA) is 51.2 Å². The molecule has 6 nitrogen and oxygen atoms in total. The van der Waals surface area contributed by atoms with Crippen LogP contribution in [0.4, 0.5) is 8.78 Å². The minimum atomic E-state index is -0.628. The summed E-state index contributed by atoms with van der Waals surface area (Å²) in [5, 5.41) is 0. The predicted molar refractivity (Wildman–Crippen MR) is 153 cm³/mol. The standard InChI is InChI=1S/C32H42F2N2O4/c1-22(15-24-12-13-26(33)18-28(24)34)19-36(21-27-11-8-14-35(27)20-23-9-6-5-7-10-23)32(37)25-16-29(38-2)31(40-4)30(17-25)39-3/h12-13,15-18,23,27H,5-11,14,19-21H2,1-4H3/b22-15+/t27-/m0/s1. The van der Waals surface area contributed by atoms with Gasteiger partial charge in [-0.2, -0.15) is 0 Å². The number of amides is 1. The Morgan fingerprint density at radius 3 is 2.30 bits per heavy atom. The number of rotatable bonds is 11. The highest BCUT2D eigenvalue weighted by Crippen LogP contribution is 2.38. The van der Waals surface area contributed by atoms with Gasteiger partial charge in [0.05, 0.1) is 21.3 Å². The van der Waals surface area contributed by atoms with Crippen LogP contribution >= 0.6 is 0 Å². The first-order valence-electron chi connectivity index (χ1n) is 14.3. The predicted octanol–water partition coefficient (Wildman–Crippen LogP) is 6.58. The highest BCUT2D eigenvalue weighted by Gasteiger charge is 2.31. The van der Waals surface area contributed by atoms with Gasteiger partial charge in [-0.15, -0.1) is 0 Å². The molecule has 0 aromatic heterocycles. The van der Waals surface area contributed by atoms with Crippen molar-refractivity contribution >= 4 is 12.0 Å². The van der Waals surface area contributed by atoms with E-state index in [1.165, 1.54) is 65.6 Å². The first-order chi connectivity index (χ1) is 19.3. The molecular formula is C32H42F2N2O4. The van der Waals surface area contributed by atoms with E-state index in [9.17, 15) is 13.6 Å². The van der Waals surface area contributed by atoms with Crippen molar-refractivity contribution in [3.63, 3.8) is 0 Å². The summed E-state index contributed by atoms with van der Waals surface area (Å²) in [5.74, 6) is 0.538. The lowest BCUT2D eigenvalue weighted by molar-refractivity contribution is 0.0709. The van der Waals surface area contributed by atoms with E-state index < -0.39 is 11.6 Å². The lowest BCUT2D eigenvalue weighted by Gasteiger charge is -2.34. The highest BCUT2D eigenvalue weighted by atomic mass is 19.1. The zero-order valence-corrected chi connectivity index (χ0v) is 24.2. The van der Waals surface area contributed by atoms with E-state index in [2.05, 4.69) is 4.90 Å². The molecule has 218 valence electrons. The Morgan fingerprint density at radius 2 is 1.68 bits per heavy atom. The normalized spacial score (nSPS) is 18.6. The van der Waals surface area contributed by atoms with Crippen molar-refractivity contribution in [1.29, 1.82) is 0 Å². The van der Waals surface area contributed by atoms with E-state index in [0.717, 1.165) is 43.5 Å². The number of halogens is 2. The molecule has 1 aliphatic heterocycles. The molecule has 0 unspecified atom stereocenters. The van der Waals surface area contributed by atoms with E-state index in [4.69, 9.17) is 14.2 Å². The lowest BCUT2D eigenvalue weighted by Crippen LogP contribution is -2.45. The van der Waals surface area contributed by atoms with Crippen LogP contribution in [0.25, 0.3) is 6.08 Å².